The number of benzene rings is 1. The maximum absolute atomic E-state index is 11.8. The Morgan fingerprint density at radius 1 is 1.14 bits per heavy atom. The summed E-state index contributed by atoms with van der Waals surface area (Å²) in [5.41, 5.74) is 1.10. The van der Waals surface area contributed by atoms with E-state index < -0.39 is 6.04 Å². The summed E-state index contributed by atoms with van der Waals surface area (Å²) in [5, 5.41) is 14.6. The van der Waals surface area contributed by atoms with E-state index in [1.165, 1.54) is 0 Å². The van der Waals surface area contributed by atoms with Crippen molar-refractivity contribution in [1.29, 1.82) is 0 Å². The molecule has 0 bridgehead atoms. The molecule has 5 heteroatoms. The Labute approximate surface area is 125 Å². The van der Waals surface area contributed by atoms with Crippen molar-refractivity contribution in [1.82, 2.24) is 10.6 Å². The molecule has 3 N–H and O–H groups in total. The van der Waals surface area contributed by atoms with Crippen molar-refractivity contribution < 1.29 is 14.7 Å². The molecule has 5 nitrogen and oxygen atoms in total. The topological polar surface area (TPSA) is 78.4 Å². The van der Waals surface area contributed by atoms with Crippen LogP contribution in [-0.4, -0.2) is 30.0 Å². The number of carbonyl (C=O) groups excluding carboxylic acids is 2. The summed E-state index contributed by atoms with van der Waals surface area (Å²) in [6.07, 6.45) is 2.16. The minimum absolute atomic E-state index is 0.117. The molecule has 0 saturated carbocycles. The molecule has 0 fully saturated rings. The molecule has 0 aliphatic carbocycles. The van der Waals surface area contributed by atoms with E-state index in [-0.39, 0.29) is 23.5 Å². The summed E-state index contributed by atoms with van der Waals surface area (Å²) in [5.74, 6) is -0.191. The standard InChI is InChI=1S/C16H24N2O3/c1-11(2)15(20)18-14(16(21)17-3)6-4-5-12-7-9-13(19)10-8-12/h7-11,14,19H,4-6H2,1-3H3,(H,17,21)(H,18,20). The molecule has 2 amide bonds. The fraction of sp³-hybridized carbons (Fsp3) is 0.500. The molecule has 1 unspecified atom stereocenters. The van der Waals surface area contributed by atoms with Crippen molar-refractivity contribution in [3.05, 3.63) is 29.8 Å². The zero-order valence-electron chi connectivity index (χ0n) is 12.8. The van der Waals surface area contributed by atoms with Gasteiger partial charge in [-0.25, -0.2) is 0 Å². The second kappa shape index (κ2) is 8.29. The molecule has 0 aromatic heterocycles. The lowest BCUT2D eigenvalue weighted by Crippen LogP contribution is -2.47. The van der Waals surface area contributed by atoms with Gasteiger partial charge in [-0.3, -0.25) is 9.59 Å². The highest BCUT2D eigenvalue weighted by atomic mass is 16.3. The van der Waals surface area contributed by atoms with Gasteiger partial charge in [-0.15, -0.1) is 0 Å². The summed E-state index contributed by atoms with van der Waals surface area (Å²) < 4.78 is 0. The average molecular weight is 292 g/mol. The molecule has 1 atom stereocenters. The summed E-state index contributed by atoms with van der Waals surface area (Å²) in [7, 11) is 1.57. The van der Waals surface area contributed by atoms with E-state index in [1.807, 2.05) is 12.1 Å². The van der Waals surface area contributed by atoms with Crippen LogP contribution in [0, 0.1) is 5.92 Å². The SMILES string of the molecule is CNC(=O)C(CCCc1ccc(O)cc1)NC(=O)C(C)C. The number of phenolic OH excluding ortho intramolecular Hbond substituents is 1. The van der Waals surface area contributed by atoms with Gasteiger partial charge >= 0.3 is 0 Å². The normalized spacial score (nSPS) is 12.0. The van der Waals surface area contributed by atoms with Crippen LogP contribution < -0.4 is 10.6 Å². The van der Waals surface area contributed by atoms with Gasteiger partial charge in [0, 0.05) is 13.0 Å². The first-order chi connectivity index (χ1) is 9.93. The van der Waals surface area contributed by atoms with Crippen molar-refractivity contribution >= 4 is 11.8 Å². The summed E-state index contributed by atoms with van der Waals surface area (Å²) >= 11 is 0. The van der Waals surface area contributed by atoms with Gasteiger partial charge in [-0.1, -0.05) is 26.0 Å². The van der Waals surface area contributed by atoms with Crippen molar-refractivity contribution in [3.8, 4) is 5.75 Å². The first-order valence-corrected chi connectivity index (χ1v) is 7.24. The van der Waals surface area contributed by atoms with Crippen LogP contribution in [-0.2, 0) is 16.0 Å². The predicted molar refractivity (Wildman–Crippen MR) is 81.9 cm³/mol. The number of nitrogens with one attached hydrogen (secondary N) is 2. The lowest BCUT2D eigenvalue weighted by Gasteiger charge is -2.18. The van der Waals surface area contributed by atoms with Gasteiger partial charge in [0.2, 0.25) is 11.8 Å². The third-order valence-corrected chi connectivity index (χ3v) is 3.30. The Balaban J connectivity index is 2.51. The molecule has 0 spiro atoms. The molecule has 1 aromatic rings. The highest BCUT2D eigenvalue weighted by Crippen LogP contribution is 2.12. The lowest BCUT2D eigenvalue weighted by atomic mass is 10.0. The third-order valence-electron chi connectivity index (χ3n) is 3.30. The molecule has 116 valence electrons. The maximum Gasteiger partial charge on any atom is 0.242 e. The smallest absolute Gasteiger partial charge is 0.242 e. The second-order valence-corrected chi connectivity index (χ2v) is 5.39. The highest BCUT2D eigenvalue weighted by molar-refractivity contribution is 5.88. The number of carbonyl (C=O) groups is 2. The number of phenols is 1. The Morgan fingerprint density at radius 3 is 2.29 bits per heavy atom. The van der Waals surface area contributed by atoms with Crippen LogP contribution in [0.3, 0.4) is 0 Å². The Bertz CT molecular complexity index is 469. The van der Waals surface area contributed by atoms with Gasteiger partial charge < -0.3 is 15.7 Å². The number of likely N-dealkylation sites (N-methyl/N-ethyl adjacent to an activating group) is 1. The van der Waals surface area contributed by atoms with Crippen LogP contribution in [0.1, 0.15) is 32.3 Å². The van der Waals surface area contributed by atoms with Gasteiger partial charge in [-0.05, 0) is 37.0 Å². The van der Waals surface area contributed by atoms with Crippen LogP contribution in [0.5, 0.6) is 5.75 Å². The van der Waals surface area contributed by atoms with Crippen molar-refractivity contribution in [2.75, 3.05) is 7.05 Å². The van der Waals surface area contributed by atoms with Gasteiger partial charge in [-0.2, -0.15) is 0 Å². The van der Waals surface area contributed by atoms with Gasteiger partial charge in [0.1, 0.15) is 11.8 Å². The van der Waals surface area contributed by atoms with Gasteiger partial charge in [0.05, 0.1) is 0 Å². The fourth-order valence-electron chi connectivity index (χ4n) is 1.95. The maximum atomic E-state index is 11.8. The van der Waals surface area contributed by atoms with E-state index in [0.717, 1.165) is 18.4 Å². The van der Waals surface area contributed by atoms with Crippen molar-refractivity contribution in [3.63, 3.8) is 0 Å². The average Bonchev–Trinajstić information content (AvgIpc) is 2.47. The van der Waals surface area contributed by atoms with E-state index in [2.05, 4.69) is 10.6 Å². The molecule has 0 aliphatic heterocycles. The summed E-state index contributed by atoms with van der Waals surface area (Å²) in [4.78, 5) is 23.5. The second-order valence-electron chi connectivity index (χ2n) is 5.39. The molecular weight excluding hydrogens is 268 g/mol. The zero-order chi connectivity index (χ0) is 15.8. The van der Waals surface area contributed by atoms with E-state index in [0.29, 0.717) is 6.42 Å². The van der Waals surface area contributed by atoms with Crippen LogP contribution >= 0.6 is 0 Å². The van der Waals surface area contributed by atoms with E-state index in [4.69, 9.17) is 0 Å². The molecule has 0 radical (unpaired) electrons. The number of hydrogen-bond acceptors (Lipinski definition) is 3. The first kappa shape index (κ1) is 17.0. The zero-order valence-corrected chi connectivity index (χ0v) is 12.8. The van der Waals surface area contributed by atoms with E-state index in [9.17, 15) is 14.7 Å². The molecule has 0 saturated heterocycles. The Kier molecular flexibility index (Phi) is 6.72. The predicted octanol–water partition coefficient (Wildman–Crippen LogP) is 1.60. The molecule has 0 aliphatic rings. The summed E-state index contributed by atoms with van der Waals surface area (Å²) in [6.45, 7) is 3.60. The van der Waals surface area contributed by atoms with Crippen LogP contribution in [0.25, 0.3) is 0 Å². The number of aryl methyl sites for hydroxylation is 1. The highest BCUT2D eigenvalue weighted by Gasteiger charge is 2.20. The minimum atomic E-state index is -0.498. The van der Waals surface area contributed by atoms with E-state index >= 15 is 0 Å². The monoisotopic (exact) mass is 292 g/mol. The van der Waals surface area contributed by atoms with E-state index in [1.54, 1.807) is 33.0 Å². The number of aromatic hydroxyl groups is 1. The molecule has 1 rings (SSSR count). The Morgan fingerprint density at radius 2 is 1.76 bits per heavy atom. The third kappa shape index (κ3) is 5.85. The first-order valence-electron chi connectivity index (χ1n) is 7.24. The van der Waals surface area contributed by atoms with Crippen LogP contribution in [0.2, 0.25) is 0 Å². The number of hydrogen-bond donors (Lipinski definition) is 3. The minimum Gasteiger partial charge on any atom is -0.508 e. The summed E-state index contributed by atoms with van der Waals surface area (Å²) in [6, 6.07) is 6.51. The molecular formula is C16H24N2O3. The van der Waals surface area contributed by atoms with Crippen molar-refractivity contribution in [2.45, 2.75) is 39.2 Å². The molecule has 21 heavy (non-hydrogen) atoms. The largest absolute Gasteiger partial charge is 0.508 e. The van der Waals surface area contributed by atoms with Crippen LogP contribution in [0.4, 0.5) is 0 Å². The fourth-order valence-corrected chi connectivity index (χ4v) is 1.95. The lowest BCUT2D eigenvalue weighted by molar-refractivity contribution is -0.130. The quantitative estimate of drug-likeness (QED) is 0.714. The Hall–Kier alpha value is -2.04. The number of amides is 2. The molecule has 1 aromatic carbocycles. The van der Waals surface area contributed by atoms with Gasteiger partial charge in [0.15, 0.2) is 0 Å². The van der Waals surface area contributed by atoms with Crippen molar-refractivity contribution in [2.24, 2.45) is 5.92 Å². The molecule has 0 heterocycles. The van der Waals surface area contributed by atoms with Crippen LogP contribution in [0.15, 0.2) is 24.3 Å². The van der Waals surface area contributed by atoms with Gasteiger partial charge in [0.25, 0.3) is 0 Å². The number of rotatable bonds is 7.